The summed E-state index contributed by atoms with van der Waals surface area (Å²) in [6, 6.07) is 0. The third-order valence-corrected chi connectivity index (χ3v) is 5.82. The summed E-state index contributed by atoms with van der Waals surface area (Å²) in [6.07, 6.45) is 1.50. The fourth-order valence-electron chi connectivity index (χ4n) is 2.93. The minimum Gasteiger partial charge on any atom is -0.368 e. The summed E-state index contributed by atoms with van der Waals surface area (Å²) >= 11 is 0. The lowest BCUT2D eigenvalue weighted by molar-refractivity contribution is -0.142. The van der Waals surface area contributed by atoms with Crippen molar-refractivity contribution in [2.75, 3.05) is 58.7 Å². The number of piperazine rings is 1. The molecule has 1 unspecified atom stereocenters. The molecule has 2 rings (SSSR count). The first-order valence-corrected chi connectivity index (χ1v) is 10.5. The van der Waals surface area contributed by atoms with E-state index >= 15 is 0 Å². The third kappa shape index (κ3) is 6.82. The maximum absolute atomic E-state index is 12.4. The van der Waals surface area contributed by atoms with Gasteiger partial charge >= 0.3 is 0 Å². The van der Waals surface area contributed by atoms with Gasteiger partial charge in [0.1, 0.15) is 6.10 Å². The van der Waals surface area contributed by atoms with Gasteiger partial charge in [-0.15, -0.1) is 24.0 Å². The number of ether oxygens (including phenoxy) is 1. The summed E-state index contributed by atoms with van der Waals surface area (Å²) < 4.78 is 30.8. The number of nitrogens with zero attached hydrogens (tertiary/aromatic N) is 3. The number of rotatable bonds is 6. The van der Waals surface area contributed by atoms with Crippen LogP contribution in [0.2, 0.25) is 0 Å². The molecular weight excluding hydrogens is 473 g/mol. The van der Waals surface area contributed by atoms with E-state index in [0.29, 0.717) is 45.9 Å². The van der Waals surface area contributed by atoms with Crippen LogP contribution in [0.15, 0.2) is 4.99 Å². The largest absolute Gasteiger partial charge is 0.368 e. The molecule has 11 heteroatoms. The van der Waals surface area contributed by atoms with E-state index in [1.165, 1.54) is 0 Å². The molecule has 0 aromatic rings. The molecule has 2 N–H and O–H groups in total. The zero-order valence-electron chi connectivity index (χ0n) is 15.4. The quantitative estimate of drug-likeness (QED) is 0.218. The topological polar surface area (TPSA) is 103 Å². The number of halogens is 1. The van der Waals surface area contributed by atoms with Gasteiger partial charge in [0.2, 0.25) is 10.0 Å². The van der Waals surface area contributed by atoms with Gasteiger partial charge in [0, 0.05) is 52.9 Å². The Bertz CT molecular complexity index is 573. The second kappa shape index (κ2) is 11.2. The number of guanidine groups is 1. The van der Waals surface area contributed by atoms with Gasteiger partial charge in [-0.05, 0) is 19.8 Å². The van der Waals surface area contributed by atoms with E-state index in [-0.39, 0.29) is 41.7 Å². The molecule has 2 fully saturated rings. The van der Waals surface area contributed by atoms with E-state index in [1.807, 2.05) is 4.90 Å². The van der Waals surface area contributed by atoms with Crippen LogP contribution in [-0.2, 0) is 19.6 Å². The molecule has 0 radical (unpaired) electrons. The Morgan fingerprint density at radius 2 is 1.85 bits per heavy atom. The van der Waals surface area contributed by atoms with Crippen molar-refractivity contribution in [3.8, 4) is 0 Å². The van der Waals surface area contributed by atoms with E-state index in [0.717, 1.165) is 18.8 Å². The van der Waals surface area contributed by atoms with Crippen molar-refractivity contribution in [3.05, 3.63) is 0 Å². The number of aliphatic imine (C=N–C) groups is 1. The molecule has 2 heterocycles. The first kappa shape index (κ1) is 23.4. The van der Waals surface area contributed by atoms with Crippen molar-refractivity contribution in [1.82, 2.24) is 19.8 Å². The van der Waals surface area contributed by atoms with E-state index in [1.54, 1.807) is 14.0 Å². The molecule has 2 aliphatic heterocycles. The number of hydrogen-bond acceptors (Lipinski definition) is 5. The van der Waals surface area contributed by atoms with Gasteiger partial charge < -0.3 is 19.9 Å². The highest BCUT2D eigenvalue weighted by atomic mass is 127. The Labute approximate surface area is 173 Å². The number of carbonyl (C=O) groups is 1. The predicted octanol–water partition coefficient (Wildman–Crippen LogP) is -0.558. The van der Waals surface area contributed by atoms with Crippen LogP contribution in [0, 0.1) is 0 Å². The number of hydrogen-bond donors (Lipinski definition) is 2. The van der Waals surface area contributed by atoms with Crippen molar-refractivity contribution in [2.45, 2.75) is 25.9 Å². The van der Waals surface area contributed by atoms with Crippen LogP contribution in [0.25, 0.3) is 0 Å². The van der Waals surface area contributed by atoms with Crippen LogP contribution >= 0.6 is 24.0 Å². The van der Waals surface area contributed by atoms with E-state index in [4.69, 9.17) is 4.74 Å². The second-order valence-electron chi connectivity index (χ2n) is 6.09. The summed E-state index contributed by atoms with van der Waals surface area (Å²) in [5, 5.41) is 3.16. The highest BCUT2D eigenvalue weighted by Crippen LogP contribution is 2.16. The fraction of sp³-hybridized carbons (Fsp3) is 0.867. The molecule has 0 bridgehead atoms. The summed E-state index contributed by atoms with van der Waals surface area (Å²) in [6.45, 7) is 5.72. The Kier molecular flexibility index (Phi) is 10.1. The molecule has 0 aliphatic carbocycles. The van der Waals surface area contributed by atoms with Crippen LogP contribution in [0.1, 0.15) is 19.8 Å². The molecule has 0 spiro atoms. The van der Waals surface area contributed by atoms with Crippen molar-refractivity contribution >= 4 is 45.9 Å². The zero-order valence-corrected chi connectivity index (χ0v) is 18.6. The number of sulfonamides is 1. The average Bonchev–Trinajstić information content (AvgIpc) is 3.16. The van der Waals surface area contributed by atoms with Crippen LogP contribution in [0.4, 0.5) is 0 Å². The molecule has 0 saturated carbocycles. The van der Waals surface area contributed by atoms with Gasteiger partial charge in [-0.25, -0.2) is 13.1 Å². The molecule has 2 aliphatic rings. The number of carbonyl (C=O) groups excluding carboxylic acids is 1. The highest BCUT2D eigenvalue weighted by Gasteiger charge is 2.30. The lowest BCUT2D eigenvalue weighted by atomic mass is 10.2. The lowest BCUT2D eigenvalue weighted by Crippen LogP contribution is -2.55. The SMILES string of the molecule is CCS(=O)(=O)NCCNC(=NC)N1CCN(C(=O)C2CCCO2)CC1.I. The first-order chi connectivity index (χ1) is 12.0. The first-order valence-electron chi connectivity index (χ1n) is 8.80. The molecule has 0 aromatic heterocycles. The molecule has 9 nitrogen and oxygen atoms in total. The van der Waals surface area contributed by atoms with Crippen LogP contribution < -0.4 is 10.0 Å². The fourth-order valence-corrected chi connectivity index (χ4v) is 3.55. The molecular formula is C15H30IN5O4S. The van der Waals surface area contributed by atoms with Crippen molar-refractivity contribution in [1.29, 1.82) is 0 Å². The van der Waals surface area contributed by atoms with Crippen LogP contribution in [-0.4, -0.2) is 94.9 Å². The molecule has 26 heavy (non-hydrogen) atoms. The van der Waals surface area contributed by atoms with Crippen molar-refractivity contribution in [3.63, 3.8) is 0 Å². The highest BCUT2D eigenvalue weighted by molar-refractivity contribution is 14.0. The normalized spacial score (nSPS) is 21.5. The monoisotopic (exact) mass is 503 g/mol. The van der Waals surface area contributed by atoms with Crippen LogP contribution in [0.3, 0.4) is 0 Å². The standard InChI is InChI=1S/C15H29N5O4S.HI/c1-3-25(22,23)18-7-6-17-15(16-2)20-10-8-19(9-11-20)14(21)13-5-4-12-24-13;/h13,18H,3-12H2,1-2H3,(H,16,17);1H. The Hall–Kier alpha value is -0.660. The summed E-state index contributed by atoms with van der Waals surface area (Å²) in [5.74, 6) is 0.886. The Balaban J connectivity index is 0.00000338. The van der Waals surface area contributed by atoms with Gasteiger partial charge in [0.25, 0.3) is 5.91 Å². The van der Waals surface area contributed by atoms with Gasteiger partial charge in [0.05, 0.1) is 5.75 Å². The van der Waals surface area contributed by atoms with E-state index < -0.39 is 10.0 Å². The van der Waals surface area contributed by atoms with E-state index in [9.17, 15) is 13.2 Å². The molecule has 1 atom stereocenters. The smallest absolute Gasteiger partial charge is 0.251 e. The second-order valence-corrected chi connectivity index (χ2v) is 8.18. The van der Waals surface area contributed by atoms with Gasteiger partial charge in [-0.3, -0.25) is 9.79 Å². The van der Waals surface area contributed by atoms with Crippen molar-refractivity contribution < 1.29 is 17.9 Å². The number of amides is 1. The third-order valence-electron chi connectivity index (χ3n) is 4.42. The lowest BCUT2D eigenvalue weighted by Gasteiger charge is -2.37. The summed E-state index contributed by atoms with van der Waals surface area (Å²) in [4.78, 5) is 20.5. The minimum atomic E-state index is -3.17. The van der Waals surface area contributed by atoms with E-state index in [2.05, 4.69) is 19.9 Å². The zero-order chi connectivity index (χ0) is 18.3. The number of nitrogens with one attached hydrogen (secondary N) is 2. The van der Waals surface area contributed by atoms with Gasteiger partial charge in [0.15, 0.2) is 5.96 Å². The summed E-state index contributed by atoms with van der Waals surface area (Å²) in [5.41, 5.74) is 0. The summed E-state index contributed by atoms with van der Waals surface area (Å²) in [7, 11) is -1.48. The molecule has 2 saturated heterocycles. The van der Waals surface area contributed by atoms with Crippen LogP contribution in [0.5, 0.6) is 0 Å². The van der Waals surface area contributed by atoms with Crippen molar-refractivity contribution in [2.24, 2.45) is 4.99 Å². The molecule has 1 amide bonds. The maximum atomic E-state index is 12.4. The Morgan fingerprint density at radius 3 is 2.38 bits per heavy atom. The van der Waals surface area contributed by atoms with Gasteiger partial charge in [-0.2, -0.15) is 0 Å². The Morgan fingerprint density at radius 1 is 1.19 bits per heavy atom. The average molecular weight is 503 g/mol. The molecule has 152 valence electrons. The maximum Gasteiger partial charge on any atom is 0.251 e. The minimum absolute atomic E-state index is 0. The molecule has 0 aromatic carbocycles. The predicted molar refractivity (Wildman–Crippen MR) is 111 cm³/mol. The van der Waals surface area contributed by atoms with Gasteiger partial charge in [-0.1, -0.05) is 0 Å².